The molecule has 2 aromatic rings. The number of hydrogen-bond acceptors (Lipinski definition) is 5. The van der Waals surface area contributed by atoms with Crippen molar-refractivity contribution in [2.24, 2.45) is 0 Å². The number of nitrogens with one attached hydrogen (secondary N) is 2. The average Bonchev–Trinajstić information content (AvgIpc) is 2.93. The summed E-state index contributed by atoms with van der Waals surface area (Å²) in [5.74, 6) is -0.302. The Hall–Kier alpha value is -2.92. The van der Waals surface area contributed by atoms with E-state index in [-0.39, 0.29) is 28.6 Å². The molecule has 28 heavy (non-hydrogen) atoms. The zero-order valence-electron chi connectivity index (χ0n) is 14.9. The van der Waals surface area contributed by atoms with E-state index in [1.54, 1.807) is 12.1 Å². The lowest BCUT2D eigenvalue weighted by atomic mass is 10.2. The molecule has 3 rings (SSSR count). The molecule has 150 valence electrons. The molecular weight excluding hydrogens is 396 g/mol. The maximum absolute atomic E-state index is 13.0. The predicted molar refractivity (Wildman–Crippen MR) is 95.8 cm³/mol. The Kier molecular flexibility index (Phi) is 5.13. The molecule has 2 aromatic carbocycles. The van der Waals surface area contributed by atoms with Crippen molar-refractivity contribution < 1.29 is 31.5 Å². The van der Waals surface area contributed by atoms with Crippen molar-refractivity contribution in [2.75, 3.05) is 19.4 Å². The molecule has 0 atom stereocenters. The standard InChI is InChI=1S/C17H17F2N3O5S/c1-22(2)28(24,25)13-6-3-11(4-7-13)10-20-16(23)21-12-5-8-14-15(9-12)27-17(18,19)26-14/h3-9H,10H2,1-2H3,(H2,20,21,23). The van der Waals surface area contributed by atoms with E-state index in [2.05, 4.69) is 20.1 Å². The van der Waals surface area contributed by atoms with E-state index in [0.29, 0.717) is 5.56 Å². The number of sulfonamides is 1. The van der Waals surface area contributed by atoms with Crippen LogP contribution in [0.2, 0.25) is 0 Å². The Morgan fingerprint density at radius 2 is 1.71 bits per heavy atom. The summed E-state index contributed by atoms with van der Waals surface area (Å²) in [6.45, 7) is 0.136. The number of anilines is 1. The zero-order chi connectivity index (χ0) is 20.5. The van der Waals surface area contributed by atoms with Gasteiger partial charge in [-0.05, 0) is 29.8 Å². The number of fused-ring (bicyclic) bond motifs is 1. The van der Waals surface area contributed by atoms with Gasteiger partial charge in [0.25, 0.3) is 0 Å². The lowest BCUT2D eigenvalue weighted by Crippen LogP contribution is -2.28. The highest BCUT2D eigenvalue weighted by atomic mass is 32.2. The average molecular weight is 413 g/mol. The first-order valence-corrected chi connectivity index (χ1v) is 9.47. The third kappa shape index (κ3) is 4.31. The van der Waals surface area contributed by atoms with Gasteiger partial charge in [-0.1, -0.05) is 12.1 Å². The normalized spacial score (nSPS) is 14.8. The maximum Gasteiger partial charge on any atom is 0.586 e. The van der Waals surface area contributed by atoms with Gasteiger partial charge in [-0.3, -0.25) is 0 Å². The third-order valence-electron chi connectivity index (χ3n) is 3.81. The second kappa shape index (κ2) is 7.24. The number of hydrogen-bond donors (Lipinski definition) is 2. The van der Waals surface area contributed by atoms with Gasteiger partial charge in [0, 0.05) is 32.4 Å². The number of ether oxygens (including phenoxy) is 2. The molecule has 2 N–H and O–H groups in total. The molecule has 0 aliphatic carbocycles. The number of rotatable bonds is 5. The second-order valence-electron chi connectivity index (χ2n) is 6.07. The number of urea groups is 1. The molecule has 0 spiro atoms. The minimum Gasteiger partial charge on any atom is -0.395 e. The predicted octanol–water partition coefficient (Wildman–Crippen LogP) is 2.58. The highest BCUT2D eigenvalue weighted by Crippen LogP contribution is 2.42. The first-order valence-electron chi connectivity index (χ1n) is 8.03. The fraction of sp³-hybridized carbons (Fsp3) is 0.235. The topological polar surface area (TPSA) is 97.0 Å². The molecule has 1 heterocycles. The molecule has 1 aliphatic heterocycles. The number of carbonyl (C=O) groups is 1. The molecule has 0 saturated carbocycles. The lowest BCUT2D eigenvalue weighted by Gasteiger charge is -2.12. The van der Waals surface area contributed by atoms with Crippen LogP contribution in [0.25, 0.3) is 0 Å². The van der Waals surface area contributed by atoms with Crippen LogP contribution in [0.3, 0.4) is 0 Å². The maximum atomic E-state index is 13.0. The van der Waals surface area contributed by atoms with Gasteiger partial charge in [0.1, 0.15) is 0 Å². The molecule has 8 nitrogen and oxygen atoms in total. The van der Waals surface area contributed by atoms with Crippen molar-refractivity contribution in [3.8, 4) is 11.5 Å². The Morgan fingerprint density at radius 3 is 2.36 bits per heavy atom. The van der Waals surface area contributed by atoms with Gasteiger partial charge < -0.3 is 20.1 Å². The number of carbonyl (C=O) groups excluding carboxylic acids is 1. The van der Waals surface area contributed by atoms with Gasteiger partial charge in [0.15, 0.2) is 11.5 Å². The lowest BCUT2D eigenvalue weighted by molar-refractivity contribution is -0.286. The van der Waals surface area contributed by atoms with E-state index in [0.717, 1.165) is 4.31 Å². The highest BCUT2D eigenvalue weighted by Gasteiger charge is 2.43. The van der Waals surface area contributed by atoms with Crippen LogP contribution in [-0.4, -0.2) is 39.1 Å². The van der Waals surface area contributed by atoms with Crippen molar-refractivity contribution in [1.29, 1.82) is 0 Å². The zero-order valence-corrected chi connectivity index (χ0v) is 15.7. The van der Waals surface area contributed by atoms with E-state index in [1.165, 1.54) is 44.4 Å². The summed E-state index contributed by atoms with van der Waals surface area (Å²) in [5.41, 5.74) is 0.920. The number of alkyl halides is 2. The molecule has 0 fully saturated rings. The summed E-state index contributed by atoms with van der Waals surface area (Å²) in [6, 6.07) is 9.36. The Labute approximate surface area is 160 Å². The molecule has 1 aliphatic rings. The van der Waals surface area contributed by atoms with Crippen LogP contribution in [0.4, 0.5) is 19.3 Å². The molecule has 0 radical (unpaired) electrons. The van der Waals surface area contributed by atoms with Crippen molar-refractivity contribution in [1.82, 2.24) is 9.62 Å². The Bertz CT molecular complexity index is 994. The minimum atomic E-state index is -3.73. The number of halogens is 2. The van der Waals surface area contributed by atoms with E-state index in [9.17, 15) is 22.0 Å². The fourth-order valence-corrected chi connectivity index (χ4v) is 3.28. The van der Waals surface area contributed by atoms with Gasteiger partial charge in [-0.2, -0.15) is 0 Å². The molecule has 0 aromatic heterocycles. The fourth-order valence-electron chi connectivity index (χ4n) is 2.37. The van der Waals surface area contributed by atoms with Crippen LogP contribution in [0.1, 0.15) is 5.56 Å². The van der Waals surface area contributed by atoms with Crippen molar-refractivity contribution in [3.63, 3.8) is 0 Å². The van der Waals surface area contributed by atoms with Gasteiger partial charge in [0.05, 0.1) is 4.90 Å². The molecule has 11 heteroatoms. The van der Waals surface area contributed by atoms with E-state index >= 15 is 0 Å². The molecular formula is C17H17F2N3O5S. The Balaban J connectivity index is 1.57. The van der Waals surface area contributed by atoms with Crippen molar-refractivity contribution in [2.45, 2.75) is 17.7 Å². The van der Waals surface area contributed by atoms with E-state index in [1.807, 2.05) is 0 Å². The summed E-state index contributed by atoms with van der Waals surface area (Å²) in [7, 11) is -0.647. The van der Waals surface area contributed by atoms with Crippen LogP contribution >= 0.6 is 0 Å². The smallest absolute Gasteiger partial charge is 0.395 e. The first-order chi connectivity index (χ1) is 13.1. The number of amides is 2. The number of benzene rings is 2. The summed E-state index contributed by atoms with van der Waals surface area (Å²) in [5, 5.41) is 5.07. The summed E-state index contributed by atoms with van der Waals surface area (Å²) < 4.78 is 59.7. The Morgan fingerprint density at radius 1 is 1.07 bits per heavy atom. The monoisotopic (exact) mass is 413 g/mol. The van der Waals surface area contributed by atoms with Gasteiger partial charge in [0.2, 0.25) is 10.0 Å². The van der Waals surface area contributed by atoms with Crippen molar-refractivity contribution >= 4 is 21.7 Å². The molecule has 0 bridgehead atoms. The third-order valence-corrected chi connectivity index (χ3v) is 5.64. The number of nitrogens with zero attached hydrogens (tertiary/aromatic N) is 1. The summed E-state index contributed by atoms with van der Waals surface area (Å²) in [6.07, 6.45) is -3.73. The first kappa shape index (κ1) is 19.8. The van der Waals surface area contributed by atoms with Crippen LogP contribution in [0, 0.1) is 0 Å². The summed E-state index contributed by atoms with van der Waals surface area (Å²) >= 11 is 0. The van der Waals surface area contributed by atoms with Crippen LogP contribution in [0.15, 0.2) is 47.4 Å². The second-order valence-corrected chi connectivity index (χ2v) is 8.22. The molecule has 0 unspecified atom stereocenters. The highest BCUT2D eigenvalue weighted by molar-refractivity contribution is 7.89. The van der Waals surface area contributed by atoms with Crippen LogP contribution in [-0.2, 0) is 16.6 Å². The largest absolute Gasteiger partial charge is 0.586 e. The van der Waals surface area contributed by atoms with Crippen LogP contribution in [0.5, 0.6) is 11.5 Å². The van der Waals surface area contributed by atoms with Gasteiger partial charge in [-0.15, -0.1) is 8.78 Å². The van der Waals surface area contributed by atoms with E-state index in [4.69, 9.17) is 0 Å². The van der Waals surface area contributed by atoms with Gasteiger partial charge >= 0.3 is 12.3 Å². The van der Waals surface area contributed by atoms with Gasteiger partial charge in [-0.25, -0.2) is 17.5 Å². The summed E-state index contributed by atoms with van der Waals surface area (Å²) in [4.78, 5) is 12.1. The molecule has 0 saturated heterocycles. The SMILES string of the molecule is CN(C)S(=O)(=O)c1ccc(CNC(=O)Nc2ccc3c(c2)OC(F)(F)O3)cc1. The molecule has 2 amide bonds. The van der Waals surface area contributed by atoms with E-state index < -0.39 is 22.3 Å². The minimum absolute atomic E-state index is 0.122. The quantitative estimate of drug-likeness (QED) is 0.785. The van der Waals surface area contributed by atoms with Crippen LogP contribution < -0.4 is 20.1 Å². The van der Waals surface area contributed by atoms with Crippen molar-refractivity contribution in [3.05, 3.63) is 48.0 Å².